The first kappa shape index (κ1) is 16.5. The highest BCUT2D eigenvalue weighted by Crippen LogP contribution is 2.54. The van der Waals surface area contributed by atoms with Gasteiger partial charge in [0.25, 0.3) is 0 Å². The average Bonchev–Trinajstić information content (AvgIpc) is 3.33. The molecule has 24 heavy (non-hydrogen) atoms. The van der Waals surface area contributed by atoms with Crippen LogP contribution in [0, 0.1) is 12.8 Å². The monoisotopic (exact) mass is 341 g/mol. The molecular formula is C19H19NO3S. The number of sulfone groups is 1. The van der Waals surface area contributed by atoms with Crippen LogP contribution in [0.1, 0.15) is 12.0 Å². The molecule has 0 spiro atoms. The summed E-state index contributed by atoms with van der Waals surface area (Å²) >= 11 is 0. The van der Waals surface area contributed by atoms with E-state index in [4.69, 9.17) is 0 Å². The van der Waals surface area contributed by atoms with Crippen molar-refractivity contribution in [3.05, 3.63) is 72.8 Å². The van der Waals surface area contributed by atoms with Gasteiger partial charge in [-0.05, 0) is 37.6 Å². The van der Waals surface area contributed by atoms with Crippen LogP contribution in [0.4, 0.5) is 5.69 Å². The summed E-state index contributed by atoms with van der Waals surface area (Å²) in [5.74, 6) is -0.883. The summed E-state index contributed by atoms with van der Waals surface area (Å²) in [5, 5.41) is 2.73. The smallest absolute Gasteiger partial charge is 0.246 e. The number of para-hydroxylation sites is 1. The highest BCUT2D eigenvalue weighted by molar-refractivity contribution is 7.94. The first-order valence-corrected chi connectivity index (χ1v) is 9.20. The number of benzene rings is 2. The minimum Gasteiger partial charge on any atom is -0.325 e. The SMILES string of the molecule is C=CC1CC1(C(=O)Nc1ccccc1)S(=O)(=O)c1ccc(C)cc1. The molecule has 1 fully saturated rings. The molecule has 5 heteroatoms. The van der Waals surface area contributed by atoms with Crippen LogP contribution in [-0.2, 0) is 14.6 Å². The molecule has 4 nitrogen and oxygen atoms in total. The van der Waals surface area contributed by atoms with Crippen molar-refractivity contribution in [3.8, 4) is 0 Å². The maximum Gasteiger partial charge on any atom is 0.246 e. The van der Waals surface area contributed by atoms with E-state index < -0.39 is 20.5 Å². The van der Waals surface area contributed by atoms with Crippen LogP contribution in [0.3, 0.4) is 0 Å². The number of carbonyl (C=O) groups excluding carboxylic acids is 1. The largest absolute Gasteiger partial charge is 0.325 e. The van der Waals surface area contributed by atoms with E-state index in [1.807, 2.05) is 13.0 Å². The Balaban J connectivity index is 1.98. The van der Waals surface area contributed by atoms with E-state index in [0.29, 0.717) is 5.69 Å². The fraction of sp³-hybridized carbons (Fsp3) is 0.211. The summed E-state index contributed by atoms with van der Waals surface area (Å²) < 4.78 is 24.8. The molecule has 3 rings (SSSR count). The van der Waals surface area contributed by atoms with Gasteiger partial charge in [0.15, 0.2) is 14.6 Å². The fourth-order valence-electron chi connectivity index (χ4n) is 2.92. The molecule has 2 atom stereocenters. The first-order valence-electron chi connectivity index (χ1n) is 7.72. The van der Waals surface area contributed by atoms with Gasteiger partial charge in [-0.1, -0.05) is 42.0 Å². The summed E-state index contributed by atoms with van der Waals surface area (Å²) in [7, 11) is -3.81. The zero-order valence-corrected chi connectivity index (χ0v) is 14.2. The number of carbonyl (C=O) groups is 1. The third kappa shape index (κ3) is 2.55. The molecular weight excluding hydrogens is 322 g/mol. The van der Waals surface area contributed by atoms with Gasteiger partial charge in [0.2, 0.25) is 5.91 Å². The van der Waals surface area contributed by atoms with Gasteiger partial charge in [0.05, 0.1) is 4.90 Å². The van der Waals surface area contributed by atoms with E-state index in [-0.39, 0.29) is 17.2 Å². The van der Waals surface area contributed by atoms with Crippen LogP contribution in [-0.4, -0.2) is 19.1 Å². The van der Waals surface area contributed by atoms with Crippen LogP contribution >= 0.6 is 0 Å². The van der Waals surface area contributed by atoms with Crippen LogP contribution < -0.4 is 5.32 Å². The van der Waals surface area contributed by atoms with Gasteiger partial charge in [-0.3, -0.25) is 4.79 Å². The molecule has 2 aromatic carbocycles. The molecule has 0 saturated heterocycles. The Hall–Kier alpha value is -2.40. The van der Waals surface area contributed by atoms with Crippen molar-refractivity contribution in [2.24, 2.45) is 5.92 Å². The summed E-state index contributed by atoms with van der Waals surface area (Å²) in [4.78, 5) is 13.0. The molecule has 1 aliphatic rings. The number of allylic oxidation sites excluding steroid dienone is 1. The van der Waals surface area contributed by atoms with Gasteiger partial charge < -0.3 is 5.32 Å². The lowest BCUT2D eigenvalue weighted by atomic mass is 10.2. The van der Waals surface area contributed by atoms with E-state index in [1.54, 1.807) is 54.6 Å². The Morgan fingerprint density at radius 2 is 1.79 bits per heavy atom. The van der Waals surface area contributed by atoms with Crippen molar-refractivity contribution in [2.45, 2.75) is 23.0 Å². The van der Waals surface area contributed by atoms with Crippen molar-refractivity contribution in [1.29, 1.82) is 0 Å². The zero-order valence-electron chi connectivity index (χ0n) is 13.4. The lowest BCUT2D eigenvalue weighted by Crippen LogP contribution is -2.39. The topological polar surface area (TPSA) is 63.2 Å². The van der Waals surface area contributed by atoms with Gasteiger partial charge >= 0.3 is 0 Å². The Kier molecular flexibility index (Phi) is 4.05. The zero-order chi connectivity index (χ0) is 17.4. The number of amides is 1. The Morgan fingerprint density at radius 3 is 2.33 bits per heavy atom. The van der Waals surface area contributed by atoms with Crippen molar-refractivity contribution in [1.82, 2.24) is 0 Å². The number of hydrogen-bond donors (Lipinski definition) is 1. The third-order valence-electron chi connectivity index (χ3n) is 4.47. The van der Waals surface area contributed by atoms with Gasteiger partial charge in [-0.15, -0.1) is 6.58 Å². The molecule has 0 radical (unpaired) electrons. The quantitative estimate of drug-likeness (QED) is 0.848. The maximum atomic E-state index is 13.1. The van der Waals surface area contributed by atoms with E-state index in [0.717, 1.165) is 5.56 Å². The predicted octanol–water partition coefficient (Wildman–Crippen LogP) is 3.35. The standard InChI is InChI=1S/C19H19NO3S/c1-3-15-13-19(15,18(21)20-16-7-5-4-6-8-16)24(22,23)17-11-9-14(2)10-12-17/h3-12,15H,1,13H2,2H3,(H,20,21). The van der Waals surface area contributed by atoms with Crippen molar-refractivity contribution >= 4 is 21.4 Å². The minimum absolute atomic E-state index is 0.167. The molecule has 0 bridgehead atoms. The number of hydrogen-bond acceptors (Lipinski definition) is 3. The molecule has 1 saturated carbocycles. The Labute approximate surface area is 142 Å². The minimum atomic E-state index is -3.81. The number of rotatable bonds is 5. The second-order valence-corrected chi connectivity index (χ2v) is 8.28. The third-order valence-corrected chi connectivity index (χ3v) is 6.98. The summed E-state index contributed by atoms with van der Waals surface area (Å²) in [6.07, 6.45) is 1.81. The molecule has 2 aromatic rings. The summed E-state index contributed by atoms with van der Waals surface area (Å²) in [6.45, 7) is 5.57. The molecule has 0 aliphatic heterocycles. The number of anilines is 1. The molecule has 0 heterocycles. The lowest BCUT2D eigenvalue weighted by molar-refractivity contribution is -0.116. The van der Waals surface area contributed by atoms with Gasteiger partial charge in [-0.2, -0.15) is 0 Å². The highest BCUT2D eigenvalue weighted by Gasteiger charge is 2.68. The van der Waals surface area contributed by atoms with Crippen LogP contribution in [0.2, 0.25) is 0 Å². The Morgan fingerprint density at radius 1 is 1.17 bits per heavy atom. The molecule has 2 unspecified atom stereocenters. The second kappa shape index (κ2) is 5.91. The predicted molar refractivity (Wildman–Crippen MR) is 94.5 cm³/mol. The van der Waals surface area contributed by atoms with E-state index in [1.165, 1.54) is 0 Å². The fourth-order valence-corrected chi connectivity index (χ4v) is 5.02. The summed E-state index contributed by atoms with van der Waals surface area (Å²) in [6, 6.07) is 15.5. The lowest BCUT2D eigenvalue weighted by Gasteiger charge is -2.18. The number of aryl methyl sites for hydroxylation is 1. The van der Waals surface area contributed by atoms with Gasteiger partial charge in [0.1, 0.15) is 0 Å². The molecule has 1 amide bonds. The van der Waals surface area contributed by atoms with Crippen LogP contribution in [0.25, 0.3) is 0 Å². The summed E-state index contributed by atoms with van der Waals surface area (Å²) in [5.41, 5.74) is 1.54. The molecule has 124 valence electrons. The van der Waals surface area contributed by atoms with Crippen LogP contribution in [0.15, 0.2) is 72.1 Å². The van der Waals surface area contributed by atoms with Gasteiger partial charge in [-0.25, -0.2) is 8.42 Å². The van der Waals surface area contributed by atoms with Crippen molar-refractivity contribution in [2.75, 3.05) is 5.32 Å². The van der Waals surface area contributed by atoms with Crippen molar-refractivity contribution in [3.63, 3.8) is 0 Å². The normalized spacial score (nSPS) is 22.6. The Bertz CT molecular complexity index is 873. The maximum absolute atomic E-state index is 13.1. The first-order chi connectivity index (χ1) is 11.4. The highest BCUT2D eigenvalue weighted by atomic mass is 32.2. The van der Waals surface area contributed by atoms with Gasteiger partial charge in [0, 0.05) is 11.6 Å². The average molecular weight is 341 g/mol. The molecule has 1 N–H and O–H groups in total. The molecule has 0 aromatic heterocycles. The van der Waals surface area contributed by atoms with E-state index >= 15 is 0 Å². The van der Waals surface area contributed by atoms with Crippen LogP contribution in [0.5, 0.6) is 0 Å². The second-order valence-electron chi connectivity index (χ2n) is 6.07. The molecule has 1 aliphatic carbocycles. The van der Waals surface area contributed by atoms with Crippen molar-refractivity contribution < 1.29 is 13.2 Å². The van der Waals surface area contributed by atoms with E-state index in [9.17, 15) is 13.2 Å². The number of nitrogens with one attached hydrogen (secondary N) is 1. The van der Waals surface area contributed by atoms with E-state index in [2.05, 4.69) is 11.9 Å².